The van der Waals surface area contributed by atoms with Gasteiger partial charge in [-0.15, -0.1) is 0 Å². The highest BCUT2D eigenvalue weighted by Gasteiger charge is 2.14. The molecule has 2 heterocycles. The van der Waals surface area contributed by atoms with E-state index in [4.69, 9.17) is 5.73 Å². The minimum absolute atomic E-state index is 0.278. The third-order valence-corrected chi connectivity index (χ3v) is 3.33. The Bertz CT molecular complexity index is 313. The molecule has 3 nitrogen and oxygen atoms in total. The summed E-state index contributed by atoms with van der Waals surface area (Å²) in [4.78, 5) is 2.51. The van der Waals surface area contributed by atoms with Gasteiger partial charge in [-0.05, 0) is 44.0 Å². The summed E-state index contributed by atoms with van der Waals surface area (Å²) in [5.41, 5.74) is 7.55. The van der Waals surface area contributed by atoms with Crippen molar-refractivity contribution in [3.63, 3.8) is 0 Å². The number of aromatic nitrogens is 1. The first kappa shape index (κ1) is 11.7. The van der Waals surface area contributed by atoms with Crippen LogP contribution in [0.25, 0.3) is 0 Å². The fourth-order valence-corrected chi connectivity index (χ4v) is 2.52. The Labute approximate surface area is 98.2 Å². The van der Waals surface area contributed by atoms with Crippen molar-refractivity contribution in [2.45, 2.75) is 31.7 Å². The van der Waals surface area contributed by atoms with Crippen molar-refractivity contribution >= 4 is 0 Å². The molecule has 1 aliphatic heterocycles. The van der Waals surface area contributed by atoms with Crippen LogP contribution in [0.3, 0.4) is 0 Å². The zero-order valence-corrected chi connectivity index (χ0v) is 10.2. The lowest BCUT2D eigenvalue weighted by molar-refractivity contribution is 0.215. The van der Waals surface area contributed by atoms with Crippen LogP contribution in [0.2, 0.25) is 0 Å². The van der Waals surface area contributed by atoms with Gasteiger partial charge in [0.25, 0.3) is 0 Å². The Morgan fingerprint density at radius 1 is 1.31 bits per heavy atom. The van der Waals surface area contributed by atoms with Crippen molar-refractivity contribution in [3.05, 3.63) is 24.0 Å². The van der Waals surface area contributed by atoms with E-state index in [9.17, 15) is 0 Å². The average molecular weight is 221 g/mol. The quantitative estimate of drug-likeness (QED) is 0.833. The van der Waals surface area contributed by atoms with Gasteiger partial charge in [0.1, 0.15) is 0 Å². The highest BCUT2D eigenvalue weighted by atomic mass is 15.1. The number of hydrogen-bond donors (Lipinski definition) is 1. The molecule has 0 spiro atoms. The van der Waals surface area contributed by atoms with Gasteiger partial charge in [0.05, 0.1) is 0 Å². The van der Waals surface area contributed by atoms with Gasteiger partial charge in [0.15, 0.2) is 0 Å². The molecule has 1 fully saturated rings. The van der Waals surface area contributed by atoms with Gasteiger partial charge in [0.2, 0.25) is 0 Å². The number of nitrogens with two attached hydrogens (primary N) is 1. The fourth-order valence-electron chi connectivity index (χ4n) is 2.52. The topological polar surface area (TPSA) is 34.2 Å². The number of likely N-dealkylation sites (tertiary alicyclic amines) is 1. The molecule has 1 aliphatic rings. The molecule has 2 N–H and O–H groups in total. The first-order valence-corrected chi connectivity index (χ1v) is 6.33. The maximum Gasteiger partial charge on any atom is 0.0209 e. The van der Waals surface area contributed by atoms with Crippen molar-refractivity contribution < 1.29 is 0 Å². The minimum Gasteiger partial charge on any atom is -0.357 e. The number of piperidine rings is 1. The molecular formula is C13H23N3. The summed E-state index contributed by atoms with van der Waals surface area (Å²) in [7, 11) is 2.06. The van der Waals surface area contributed by atoms with Crippen LogP contribution in [0, 0.1) is 0 Å². The van der Waals surface area contributed by atoms with Gasteiger partial charge in [-0.1, -0.05) is 6.42 Å². The number of aryl methyl sites for hydroxylation is 1. The molecule has 3 heteroatoms. The van der Waals surface area contributed by atoms with Crippen molar-refractivity contribution in [1.82, 2.24) is 9.47 Å². The van der Waals surface area contributed by atoms with E-state index in [1.54, 1.807) is 0 Å². The lowest BCUT2D eigenvalue weighted by Crippen LogP contribution is -2.41. The van der Waals surface area contributed by atoms with Crippen molar-refractivity contribution in [2.24, 2.45) is 12.8 Å². The molecule has 1 aromatic rings. The van der Waals surface area contributed by atoms with Gasteiger partial charge in [-0.3, -0.25) is 0 Å². The molecule has 2 rings (SSSR count). The molecule has 0 radical (unpaired) electrons. The van der Waals surface area contributed by atoms with E-state index < -0.39 is 0 Å². The van der Waals surface area contributed by atoms with Crippen LogP contribution in [0.4, 0.5) is 0 Å². The van der Waals surface area contributed by atoms with Crippen LogP contribution < -0.4 is 5.73 Å². The Kier molecular flexibility index (Phi) is 4.02. The SMILES string of the molecule is Cn1ccc(CC(N)CN2CCCCC2)c1. The van der Waals surface area contributed by atoms with E-state index in [2.05, 4.69) is 35.0 Å². The molecule has 90 valence electrons. The summed E-state index contributed by atoms with van der Waals surface area (Å²) in [6, 6.07) is 2.44. The third kappa shape index (κ3) is 3.35. The summed E-state index contributed by atoms with van der Waals surface area (Å²) in [6.45, 7) is 3.53. The lowest BCUT2D eigenvalue weighted by atomic mass is 10.1. The average Bonchev–Trinajstić information content (AvgIpc) is 2.65. The van der Waals surface area contributed by atoms with Crippen molar-refractivity contribution in [3.8, 4) is 0 Å². The van der Waals surface area contributed by atoms with Gasteiger partial charge < -0.3 is 15.2 Å². The van der Waals surface area contributed by atoms with Crippen LogP contribution in [0.5, 0.6) is 0 Å². The maximum atomic E-state index is 6.19. The number of hydrogen-bond acceptors (Lipinski definition) is 2. The van der Waals surface area contributed by atoms with E-state index >= 15 is 0 Å². The summed E-state index contributed by atoms with van der Waals surface area (Å²) in [6.07, 6.45) is 9.33. The summed E-state index contributed by atoms with van der Waals surface area (Å²) in [5, 5.41) is 0. The molecule has 0 bridgehead atoms. The second-order valence-electron chi connectivity index (χ2n) is 5.01. The summed E-state index contributed by atoms with van der Waals surface area (Å²) >= 11 is 0. The maximum absolute atomic E-state index is 6.19. The Morgan fingerprint density at radius 2 is 2.06 bits per heavy atom. The molecule has 0 aliphatic carbocycles. The normalized spacial score (nSPS) is 19.9. The standard InChI is InChI=1S/C13H23N3/c1-15-8-5-12(10-15)9-13(14)11-16-6-3-2-4-7-16/h5,8,10,13H,2-4,6-7,9,11,14H2,1H3. The predicted molar refractivity (Wildman–Crippen MR) is 67.4 cm³/mol. The monoisotopic (exact) mass is 221 g/mol. The van der Waals surface area contributed by atoms with Gasteiger partial charge in [-0.2, -0.15) is 0 Å². The van der Waals surface area contributed by atoms with Crippen LogP contribution in [0.1, 0.15) is 24.8 Å². The number of rotatable bonds is 4. The first-order valence-electron chi connectivity index (χ1n) is 6.33. The third-order valence-electron chi connectivity index (χ3n) is 3.33. The minimum atomic E-state index is 0.278. The highest BCUT2D eigenvalue weighted by Crippen LogP contribution is 2.10. The van der Waals surface area contributed by atoms with Crippen LogP contribution in [-0.2, 0) is 13.5 Å². The molecule has 0 aromatic carbocycles. The summed E-state index contributed by atoms with van der Waals surface area (Å²) < 4.78 is 2.09. The van der Waals surface area contributed by atoms with Gasteiger partial charge >= 0.3 is 0 Å². The van der Waals surface area contributed by atoms with Gasteiger partial charge in [0, 0.05) is 32.0 Å². The van der Waals surface area contributed by atoms with E-state index in [0.717, 1.165) is 13.0 Å². The molecule has 1 atom stereocenters. The zero-order chi connectivity index (χ0) is 11.4. The molecule has 0 saturated carbocycles. The van der Waals surface area contributed by atoms with Crippen molar-refractivity contribution in [1.29, 1.82) is 0 Å². The fraction of sp³-hybridized carbons (Fsp3) is 0.692. The summed E-state index contributed by atoms with van der Waals surface area (Å²) in [5.74, 6) is 0. The van der Waals surface area contributed by atoms with Gasteiger partial charge in [-0.25, -0.2) is 0 Å². The molecule has 1 saturated heterocycles. The van der Waals surface area contributed by atoms with E-state index in [0.29, 0.717) is 0 Å². The molecule has 16 heavy (non-hydrogen) atoms. The smallest absolute Gasteiger partial charge is 0.0209 e. The second kappa shape index (κ2) is 5.51. The Morgan fingerprint density at radius 3 is 2.69 bits per heavy atom. The van der Waals surface area contributed by atoms with E-state index in [1.807, 2.05) is 0 Å². The van der Waals surface area contributed by atoms with Crippen molar-refractivity contribution in [2.75, 3.05) is 19.6 Å². The largest absolute Gasteiger partial charge is 0.357 e. The molecule has 0 amide bonds. The Balaban J connectivity index is 1.77. The molecule has 1 unspecified atom stereocenters. The van der Waals surface area contributed by atoms with E-state index in [1.165, 1.54) is 37.9 Å². The second-order valence-corrected chi connectivity index (χ2v) is 5.01. The highest BCUT2D eigenvalue weighted by molar-refractivity contribution is 5.11. The number of nitrogens with zero attached hydrogens (tertiary/aromatic N) is 2. The van der Waals surface area contributed by atoms with E-state index in [-0.39, 0.29) is 6.04 Å². The lowest BCUT2D eigenvalue weighted by Gasteiger charge is -2.28. The molecule has 1 aromatic heterocycles. The molecular weight excluding hydrogens is 198 g/mol. The van der Waals surface area contributed by atoms with Crippen LogP contribution in [0.15, 0.2) is 18.5 Å². The van der Waals surface area contributed by atoms with Crippen LogP contribution >= 0.6 is 0 Å². The zero-order valence-electron chi connectivity index (χ0n) is 10.2. The Hall–Kier alpha value is -0.800. The van der Waals surface area contributed by atoms with Crippen LogP contribution in [-0.4, -0.2) is 35.1 Å². The predicted octanol–water partition coefficient (Wildman–Crippen LogP) is 1.38. The first-order chi connectivity index (χ1) is 7.74.